The van der Waals surface area contributed by atoms with Crippen molar-refractivity contribution in [1.82, 2.24) is 0 Å². The molecule has 0 spiro atoms. The molecule has 0 saturated heterocycles. The van der Waals surface area contributed by atoms with Gasteiger partial charge in [0, 0.05) is 6.07 Å². The van der Waals surface area contributed by atoms with E-state index in [1.54, 1.807) is 25.3 Å². The molecule has 0 aliphatic rings. The van der Waals surface area contributed by atoms with Gasteiger partial charge in [0.05, 0.1) is 17.8 Å². The zero-order chi connectivity index (χ0) is 8.27. The van der Waals surface area contributed by atoms with Crippen molar-refractivity contribution in [1.29, 1.82) is 0 Å². The van der Waals surface area contributed by atoms with Gasteiger partial charge in [-0.25, -0.2) is 0 Å². The molecule has 1 rings (SSSR count). The van der Waals surface area contributed by atoms with Gasteiger partial charge in [-0.3, -0.25) is 10.7 Å². The monoisotopic (exact) mass is 173 g/mol. The van der Waals surface area contributed by atoms with Crippen LogP contribution in [0.25, 0.3) is 0 Å². The summed E-state index contributed by atoms with van der Waals surface area (Å²) in [7, 11) is 1.55. The van der Waals surface area contributed by atoms with Gasteiger partial charge < -0.3 is 4.74 Å². The lowest BCUT2D eigenvalue weighted by molar-refractivity contribution is 0.388. The van der Waals surface area contributed by atoms with Crippen LogP contribution in [0.3, 0.4) is 0 Å². The van der Waals surface area contributed by atoms with E-state index in [1.807, 2.05) is 5.48 Å². The van der Waals surface area contributed by atoms with E-state index in [9.17, 15) is 0 Å². The van der Waals surface area contributed by atoms with Crippen LogP contribution in [0.2, 0.25) is 5.02 Å². The van der Waals surface area contributed by atoms with Crippen molar-refractivity contribution >= 4 is 17.3 Å². The Hall–Kier alpha value is -0.930. The van der Waals surface area contributed by atoms with E-state index in [4.69, 9.17) is 21.5 Å². The summed E-state index contributed by atoms with van der Waals surface area (Å²) in [6.45, 7) is 0. The molecule has 0 bridgehead atoms. The number of benzene rings is 1. The van der Waals surface area contributed by atoms with Crippen molar-refractivity contribution in [2.45, 2.75) is 0 Å². The molecule has 60 valence electrons. The molecule has 4 heteroatoms. The fourth-order valence-electron chi connectivity index (χ4n) is 0.713. The molecule has 1 aromatic rings. The molecular formula is C7H8ClNO2. The summed E-state index contributed by atoms with van der Waals surface area (Å²) >= 11 is 5.71. The minimum atomic E-state index is 0.423. The van der Waals surface area contributed by atoms with Gasteiger partial charge in [0.1, 0.15) is 5.75 Å². The third-order valence-electron chi connectivity index (χ3n) is 1.30. The van der Waals surface area contributed by atoms with Crippen LogP contribution in [0, 0.1) is 0 Å². The second-order valence-electron chi connectivity index (χ2n) is 1.96. The van der Waals surface area contributed by atoms with Gasteiger partial charge >= 0.3 is 0 Å². The Morgan fingerprint density at radius 2 is 2.27 bits per heavy atom. The van der Waals surface area contributed by atoms with Crippen LogP contribution in [0.5, 0.6) is 5.75 Å². The number of rotatable bonds is 2. The van der Waals surface area contributed by atoms with Crippen molar-refractivity contribution in [3.8, 4) is 5.75 Å². The molecule has 1 aromatic carbocycles. The average Bonchev–Trinajstić information content (AvgIpc) is 2.04. The molecule has 0 atom stereocenters. The molecular weight excluding hydrogens is 166 g/mol. The normalized spacial score (nSPS) is 9.36. The Balaban J connectivity index is 2.99. The van der Waals surface area contributed by atoms with Crippen LogP contribution in [0.4, 0.5) is 5.69 Å². The van der Waals surface area contributed by atoms with Crippen LogP contribution < -0.4 is 10.2 Å². The van der Waals surface area contributed by atoms with Crippen LogP contribution >= 0.6 is 11.6 Å². The van der Waals surface area contributed by atoms with Gasteiger partial charge in [0.25, 0.3) is 0 Å². The number of hydrogen-bond donors (Lipinski definition) is 2. The fourth-order valence-corrected chi connectivity index (χ4v) is 0.926. The quantitative estimate of drug-likeness (QED) is 0.674. The molecule has 2 N–H and O–H groups in total. The van der Waals surface area contributed by atoms with Crippen molar-refractivity contribution in [3.05, 3.63) is 23.2 Å². The predicted octanol–water partition coefficient (Wildman–Crippen LogP) is 2.15. The first kappa shape index (κ1) is 8.17. The van der Waals surface area contributed by atoms with Gasteiger partial charge in [-0.15, -0.1) is 0 Å². The third kappa shape index (κ3) is 1.76. The lowest BCUT2D eigenvalue weighted by atomic mass is 10.3. The highest BCUT2D eigenvalue weighted by Crippen LogP contribution is 2.25. The summed E-state index contributed by atoms with van der Waals surface area (Å²) in [4.78, 5) is 0. The highest BCUT2D eigenvalue weighted by atomic mass is 35.5. The van der Waals surface area contributed by atoms with Gasteiger partial charge in [0.2, 0.25) is 0 Å². The number of methoxy groups -OCH3 is 1. The molecule has 0 saturated carbocycles. The Kier molecular flexibility index (Phi) is 2.57. The standard InChI is InChI=1S/C7H8ClNO2/c1-11-5-2-3-7(9-10)6(8)4-5/h2-4,9-10H,1H3. The average molecular weight is 174 g/mol. The molecule has 0 amide bonds. The molecule has 0 aliphatic carbocycles. The summed E-state index contributed by atoms with van der Waals surface area (Å²) in [6, 6.07) is 4.94. The van der Waals surface area contributed by atoms with Crippen LogP contribution in [0.1, 0.15) is 0 Å². The number of halogens is 1. The number of ether oxygens (including phenoxy) is 1. The summed E-state index contributed by atoms with van der Waals surface area (Å²) in [5.41, 5.74) is 2.42. The Labute approximate surface area is 69.5 Å². The number of hydrogen-bond acceptors (Lipinski definition) is 3. The van der Waals surface area contributed by atoms with E-state index >= 15 is 0 Å². The molecule has 0 aromatic heterocycles. The first-order valence-corrected chi connectivity index (χ1v) is 3.39. The molecule has 11 heavy (non-hydrogen) atoms. The second-order valence-corrected chi connectivity index (χ2v) is 2.36. The Morgan fingerprint density at radius 3 is 2.73 bits per heavy atom. The Bertz CT molecular complexity index is 252. The van der Waals surface area contributed by atoms with Crippen molar-refractivity contribution in [3.63, 3.8) is 0 Å². The van der Waals surface area contributed by atoms with Crippen LogP contribution in [-0.2, 0) is 0 Å². The number of nitrogens with one attached hydrogen (secondary N) is 1. The lowest BCUT2D eigenvalue weighted by Gasteiger charge is -2.03. The fraction of sp³-hybridized carbons (Fsp3) is 0.143. The van der Waals surface area contributed by atoms with E-state index in [0.29, 0.717) is 16.5 Å². The maximum atomic E-state index is 8.51. The van der Waals surface area contributed by atoms with Crippen LogP contribution in [0.15, 0.2) is 18.2 Å². The molecule has 0 radical (unpaired) electrons. The van der Waals surface area contributed by atoms with Crippen molar-refractivity contribution < 1.29 is 9.94 Å². The maximum Gasteiger partial charge on any atom is 0.120 e. The highest BCUT2D eigenvalue weighted by Gasteiger charge is 1.99. The van der Waals surface area contributed by atoms with Crippen LogP contribution in [-0.4, -0.2) is 12.3 Å². The summed E-state index contributed by atoms with van der Waals surface area (Å²) < 4.78 is 4.90. The first-order valence-electron chi connectivity index (χ1n) is 3.01. The van der Waals surface area contributed by atoms with Gasteiger partial charge in [0.15, 0.2) is 0 Å². The second kappa shape index (κ2) is 3.46. The summed E-state index contributed by atoms with van der Waals surface area (Å²) in [6.07, 6.45) is 0. The van der Waals surface area contributed by atoms with Gasteiger partial charge in [-0.05, 0) is 12.1 Å². The van der Waals surface area contributed by atoms with Gasteiger partial charge in [-0.1, -0.05) is 11.6 Å². The summed E-state index contributed by atoms with van der Waals surface area (Å²) in [5, 5.41) is 8.93. The zero-order valence-corrected chi connectivity index (χ0v) is 6.72. The highest BCUT2D eigenvalue weighted by molar-refractivity contribution is 6.33. The minimum absolute atomic E-state index is 0.423. The van der Waals surface area contributed by atoms with Crippen molar-refractivity contribution in [2.75, 3.05) is 12.6 Å². The zero-order valence-electron chi connectivity index (χ0n) is 5.97. The minimum Gasteiger partial charge on any atom is -0.497 e. The molecule has 0 fully saturated rings. The lowest BCUT2D eigenvalue weighted by Crippen LogP contribution is -1.90. The van der Waals surface area contributed by atoms with Gasteiger partial charge in [-0.2, -0.15) is 0 Å². The molecule has 3 nitrogen and oxygen atoms in total. The number of anilines is 1. The predicted molar refractivity (Wildman–Crippen MR) is 43.4 cm³/mol. The SMILES string of the molecule is COc1ccc(NO)c(Cl)c1. The molecule has 0 heterocycles. The third-order valence-corrected chi connectivity index (χ3v) is 1.61. The van der Waals surface area contributed by atoms with E-state index in [2.05, 4.69) is 0 Å². The van der Waals surface area contributed by atoms with E-state index in [-0.39, 0.29) is 0 Å². The maximum absolute atomic E-state index is 8.51. The summed E-state index contributed by atoms with van der Waals surface area (Å²) in [5.74, 6) is 0.661. The van der Waals surface area contributed by atoms with E-state index in [1.165, 1.54) is 0 Å². The first-order chi connectivity index (χ1) is 5.27. The smallest absolute Gasteiger partial charge is 0.120 e. The largest absolute Gasteiger partial charge is 0.497 e. The van der Waals surface area contributed by atoms with E-state index < -0.39 is 0 Å². The topological polar surface area (TPSA) is 41.5 Å². The molecule has 0 aliphatic heterocycles. The Morgan fingerprint density at radius 1 is 1.55 bits per heavy atom. The van der Waals surface area contributed by atoms with E-state index in [0.717, 1.165) is 0 Å². The molecule has 0 unspecified atom stereocenters. The van der Waals surface area contributed by atoms with Crippen molar-refractivity contribution in [2.24, 2.45) is 0 Å².